The van der Waals surface area contributed by atoms with E-state index >= 15 is 0 Å². The number of anilines is 1. The van der Waals surface area contributed by atoms with E-state index in [9.17, 15) is 9.59 Å². The maximum absolute atomic E-state index is 11.5. The highest BCUT2D eigenvalue weighted by atomic mass is 35.5. The Kier molecular flexibility index (Phi) is 2.97. The number of aromatic nitrogens is 3. The fraction of sp³-hybridized carbons (Fsp3) is 0.100. The summed E-state index contributed by atoms with van der Waals surface area (Å²) in [5.41, 5.74) is 5.19. The Morgan fingerprint density at radius 3 is 2.94 bits per heavy atom. The Labute approximate surface area is 101 Å². The van der Waals surface area contributed by atoms with Crippen LogP contribution in [0.25, 0.3) is 0 Å². The van der Waals surface area contributed by atoms with Crippen molar-refractivity contribution in [2.75, 3.05) is 5.73 Å². The van der Waals surface area contributed by atoms with Crippen molar-refractivity contribution in [1.29, 1.82) is 0 Å². The minimum absolute atomic E-state index is 0.0490. The number of hydrogen-bond donors (Lipinski definition) is 2. The van der Waals surface area contributed by atoms with E-state index in [0.29, 0.717) is 11.4 Å². The molecule has 2 aromatic rings. The van der Waals surface area contributed by atoms with Gasteiger partial charge in [0.2, 0.25) is 0 Å². The van der Waals surface area contributed by atoms with Gasteiger partial charge in [-0.3, -0.25) is 14.3 Å². The van der Waals surface area contributed by atoms with Crippen molar-refractivity contribution in [3.8, 4) is 0 Å². The van der Waals surface area contributed by atoms with Crippen molar-refractivity contribution in [2.24, 2.45) is 0 Å². The number of rotatable bonds is 2. The van der Waals surface area contributed by atoms with E-state index in [1.165, 1.54) is 10.8 Å². The number of H-pyrrole nitrogens is 1. The van der Waals surface area contributed by atoms with Gasteiger partial charge in [-0.1, -0.05) is 17.7 Å². The second-order valence-electron chi connectivity index (χ2n) is 3.41. The molecule has 0 saturated carbocycles. The maximum atomic E-state index is 11.5. The molecule has 88 valence electrons. The smallest absolute Gasteiger partial charge is 0.328 e. The van der Waals surface area contributed by atoms with Crippen LogP contribution in [0.5, 0.6) is 0 Å². The van der Waals surface area contributed by atoms with Gasteiger partial charge in [-0.2, -0.15) is 0 Å². The lowest BCUT2D eigenvalue weighted by Crippen LogP contribution is -2.30. The predicted octanol–water partition coefficient (Wildman–Crippen LogP) is 0.216. The van der Waals surface area contributed by atoms with Crippen LogP contribution in [0.1, 0.15) is 5.56 Å². The lowest BCUT2D eigenvalue weighted by molar-refractivity contribution is 0.720. The number of hydrogen-bond acceptors (Lipinski definition) is 4. The second kappa shape index (κ2) is 4.42. The molecule has 0 aliphatic rings. The van der Waals surface area contributed by atoms with Gasteiger partial charge in [0.05, 0.1) is 6.54 Å². The number of nitrogens with two attached hydrogens (primary N) is 1. The molecule has 17 heavy (non-hydrogen) atoms. The SMILES string of the molecule is Nc1ncccc1Cn1cc(Cl)c(=O)[nH]c1=O. The Bertz CT molecular complexity index is 662. The van der Waals surface area contributed by atoms with E-state index in [2.05, 4.69) is 9.97 Å². The van der Waals surface area contributed by atoms with E-state index in [-0.39, 0.29) is 11.6 Å². The lowest BCUT2D eigenvalue weighted by atomic mass is 10.2. The molecule has 0 aliphatic carbocycles. The first-order valence-electron chi connectivity index (χ1n) is 4.76. The van der Waals surface area contributed by atoms with Gasteiger partial charge in [-0.15, -0.1) is 0 Å². The number of halogens is 1. The van der Waals surface area contributed by atoms with Crippen LogP contribution in [-0.2, 0) is 6.54 Å². The topological polar surface area (TPSA) is 93.8 Å². The molecule has 2 heterocycles. The minimum atomic E-state index is -0.605. The van der Waals surface area contributed by atoms with Crippen molar-refractivity contribution in [2.45, 2.75) is 6.54 Å². The van der Waals surface area contributed by atoms with Gasteiger partial charge in [0.1, 0.15) is 10.8 Å². The summed E-state index contributed by atoms with van der Waals surface area (Å²) >= 11 is 5.64. The summed E-state index contributed by atoms with van der Waals surface area (Å²) in [5, 5.41) is -0.0490. The maximum Gasteiger partial charge on any atom is 0.328 e. The van der Waals surface area contributed by atoms with Crippen LogP contribution in [0.15, 0.2) is 34.1 Å². The lowest BCUT2D eigenvalue weighted by Gasteiger charge is -2.06. The van der Waals surface area contributed by atoms with Crippen LogP contribution in [0.3, 0.4) is 0 Å². The standard InChI is InChI=1S/C10H9ClN4O2/c11-7-5-15(10(17)14-9(7)16)4-6-2-1-3-13-8(6)12/h1-3,5H,4H2,(H2,12,13)(H,14,16,17). The fourth-order valence-corrected chi connectivity index (χ4v) is 1.53. The third kappa shape index (κ3) is 2.36. The number of nitrogens with one attached hydrogen (secondary N) is 1. The zero-order chi connectivity index (χ0) is 12.4. The van der Waals surface area contributed by atoms with Gasteiger partial charge in [0.25, 0.3) is 5.56 Å². The van der Waals surface area contributed by atoms with Crippen molar-refractivity contribution in [3.05, 3.63) is 56.0 Å². The molecule has 6 nitrogen and oxygen atoms in total. The van der Waals surface area contributed by atoms with Crippen LogP contribution >= 0.6 is 11.6 Å². The molecule has 0 saturated heterocycles. The number of nitrogen functional groups attached to an aromatic ring is 1. The largest absolute Gasteiger partial charge is 0.383 e. The Balaban J connectivity index is 2.44. The van der Waals surface area contributed by atoms with E-state index in [4.69, 9.17) is 17.3 Å². The van der Waals surface area contributed by atoms with Crippen molar-refractivity contribution >= 4 is 17.4 Å². The quantitative estimate of drug-likeness (QED) is 0.799. The van der Waals surface area contributed by atoms with Gasteiger partial charge in [-0.25, -0.2) is 9.78 Å². The molecular weight excluding hydrogens is 244 g/mol. The van der Waals surface area contributed by atoms with E-state index in [0.717, 1.165) is 0 Å². The van der Waals surface area contributed by atoms with Crippen LogP contribution < -0.4 is 17.0 Å². The molecule has 0 fully saturated rings. The van der Waals surface area contributed by atoms with E-state index < -0.39 is 11.2 Å². The molecule has 2 rings (SSSR count). The third-order valence-corrected chi connectivity index (χ3v) is 2.50. The molecule has 0 amide bonds. The summed E-state index contributed by atoms with van der Waals surface area (Å²) in [6.45, 7) is 0.203. The average molecular weight is 253 g/mol. The number of nitrogens with zero attached hydrogens (tertiary/aromatic N) is 2. The molecule has 3 N–H and O–H groups in total. The zero-order valence-corrected chi connectivity index (χ0v) is 9.44. The van der Waals surface area contributed by atoms with Crippen molar-refractivity contribution in [1.82, 2.24) is 14.5 Å². The zero-order valence-electron chi connectivity index (χ0n) is 8.68. The van der Waals surface area contributed by atoms with Crippen LogP contribution in [-0.4, -0.2) is 14.5 Å². The van der Waals surface area contributed by atoms with Gasteiger partial charge >= 0.3 is 5.69 Å². The van der Waals surface area contributed by atoms with Crippen LogP contribution in [0.2, 0.25) is 5.02 Å². The summed E-state index contributed by atoms with van der Waals surface area (Å²) < 4.78 is 1.26. The van der Waals surface area contributed by atoms with E-state index in [1.54, 1.807) is 18.3 Å². The molecule has 0 radical (unpaired) electrons. The molecule has 2 aromatic heterocycles. The second-order valence-corrected chi connectivity index (χ2v) is 3.82. The Morgan fingerprint density at radius 1 is 1.47 bits per heavy atom. The molecule has 7 heteroatoms. The summed E-state index contributed by atoms with van der Waals surface area (Å²) in [5.74, 6) is 0.335. The highest BCUT2D eigenvalue weighted by Gasteiger charge is 2.05. The molecule has 0 aliphatic heterocycles. The first-order chi connectivity index (χ1) is 8.08. The fourth-order valence-electron chi connectivity index (χ4n) is 1.37. The summed E-state index contributed by atoms with van der Waals surface area (Å²) in [6, 6.07) is 3.46. The van der Waals surface area contributed by atoms with Gasteiger partial charge < -0.3 is 5.73 Å². The molecular formula is C10H9ClN4O2. The van der Waals surface area contributed by atoms with Gasteiger partial charge in [0.15, 0.2) is 0 Å². The van der Waals surface area contributed by atoms with Crippen LogP contribution in [0.4, 0.5) is 5.82 Å². The first-order valence-corrected chi connectivity index (χ1v) is 5.14. The molecule has 0 unspecified atom stereocenters. The highest BCUT2D eigenvalue weighted by Crippen LogP contribution is 2.08. The molecule has 0 bridgehead atoms. The number of aromatic amines is 1. The van der Waals surface area contributed by atoms with Gasteiger partial charge in [-0.05, 0) is 6.07 Å². The normalized spacial score (nSPS) is 10.4. The first kappa shape index (κ1) is 11.4. The van der Waals surface area contributed by atoms with Crippen molar-refractivity contribution in [3.63, 3.8) is 0 Å². The number of pyridine rings is 1. The molecule has 0 spiro atoms. The monoisotopic (exact) mass is 252 g/mol. The summed E-state index contributed by atoms with van der Waals surface area (Å²) in [7, 11) is 0. The third-order valence-electron chi connectivity index (χ3n) is 2.23. The highest BCUT2D eigenvalue weighted by molar-refractivity contribution is 6.30. The Hall–Kier alpha value is -2.08. The minimum Gasteiger partial charge on any atom is -0.383 e. The van der Waals surface area contributed by atoms with E-state index in [1.807, 2.05) is 0 Å². The van der Waals surface area contributed by atoms with Crippen LogP contribution in [0, 0.1) is 0 Å². The average Bonchev–Trinajstić information content (AvgIpc) is 2.29. The molecule has 0 aromatic carbocycles. The predicted molar refractivity (Wildman–Crippen MR) is 64.1 cm³/mol. The summed E-state index contributed by atoms with van der Waals surface area (Å²) in [4.78, 5) is 28.6. The summed E-state index contributed by atoms with van der Waals surface area (Å²) in [6.07, 6.45) is 2.83. The molecule has 0 atom stereocenters. The van der Waals surface area contributed by atoms with Crippen molar-refractivity contribution < 1.29 is 0 Å². The van der Waals surface area contributed by atoms with Gasteiger partial charge in [0, 0.05) is 18.0 Å². The Morgan fingerprint density at radius 2 is 2.24 bits per heavy atom.